The van der Waals surface area contributed by atoms with E-state index in [1.54, 1.807) is 6.20 Å². The summed E-state index contributed by atoms with van der Waals surface area (Å²) < 4.78 is 0. The molecule has 0 spiro atoms. The number of rotatable bonds is 5. The number of hydrogen-bond donors (Lipinski definition) is 2. The van der Waals surface area contributed by atoms with Crippen LogP contribution in [0, 0.1) is 0 Å². The number of likely N-dealkylation sites (N-methyl/N-ethyl adjacent to an activating group) is 1. The number of anilines is 4. The van der Waals surface area contributed by atoms with E-state index >= 15 is 0 Å². The third kappa shape index (κ3) is 3.73. The Bertz CT molecular complexity index is 676. The van der Waals surface area contributed by atoms with Gasteiger partial charge >= 0.3 is 0 Å². The molecule has 1 aliphatic heterocycles. The van der Waals surface area contributed by atoms with Crippen LogP contribution >= 0.6 is 0 Å². The highest BCUT2D eigenvalue weighted by Crippen LogP contribution is 2.24. The van der Waals surface area contributed by atoms with E-state index in [-0.39, 0.29) is 0 Å². The maximum Gasteiger partial charge on any atom is 0.244 e. The van der Waals surface area contributed by atoms with Gasteiger partial charge in [-0.1, -0.05) is 0 Å². The predicted octanol–water partition coefficient (Wildman–Crippen LogP) is 1.94. The summed E-state index contributed by atoms with van der Waals surface area (Å²) in [4.78, 5) is 9.24. The van der Waals surface area contributed by atoms with Gasteiger partial charge in [0.1, 0.15) is 0 Å². The Labute approximate surface area is 142 Å². The fourth-order valence-corrected chi connectivity index (χ4v) is 2.80. The van der Waals surface area contributed by atoms with Crippen LogP contribution in [0.4, 0.5) is 23.1 Å². The fraction of sp³-hybridized carbons (Fsp3) is 0.471. The summed E-state index contributed by atoms with van der Waals surface area (Å²) in [6, 6.07) is 9.01. The van der Waals surface area contributed by atoms with E-state index in [1.807, 2.05) is 0 Å². The number of benzene rings is 1. The Morgan fingerprint density at radius 2 is 1.79 bits per heavy atom. The van der Waals surface area contributed by atoms with Gasteiger partial charge in [0, 0.05) is 43.6 Å². The molecule has 2 aromatic rings. The third-order valence-electron chi connectivity index (χ3n) is 4.48. The van der Waals surface area contributed by atoms with Crippen molar-refractivity contribution in [2.45, 2.75) is 18.9 Å². The number of aromatic nitrogens is 3. The summed E-state index contributed by atoms with van der Waals surface area (Å²) in [6.07, 6.45) is 4.02. The molecule has 24 heavy (non-hydrogen) atoms. The van der Waals surface area contributed by atoms with Crippen molar-refractivity contribution in [3.8, 4) is 0 Å². The summed E-state index contributed by atoms with van der Waals surface area (Å²) in [6.45, 7) is 4.39. The molecule has 1 saturated heterocycles. The Hall–Kier alpha value is -2.41. The minimum absolute atomic E-state index is 0.518. The molecule has 1 saturated carbocycles. The minimum atomic E-state index is 0.518. The van der Waals surface area contributed by atoms with E-state index < -0.39 is 0 Å². The highest BCUT2D eigenvalue weighted by atomic mass is 15.3. The minimum Gasteiger partial charge on any atom is -0.369 e. The van der Waals surface area contributed by atoms with Crippen LogP contribution in [0.15, 0.2) is 30.5 Å². The molecule has 4 rings (SSSR count). The third-order valence-corrected chi connectivity index (χ3v) is 4.48. The molecular formula is C17H23N7. The smallest absolute Gasteiger partial charge is 0.244 e. The first kappa shape index (κ1) is 15.1. The molecule has 7 nitrogen and oxygen atoms in total. The summed E-state index contributed by atoms with van der Waals surface area (Å²) in [5.41, 5.74) is 2.27. The predicted molar refractivity (Wildman–Crippen MR) is 95.9 cm³/mol. The lowest BCUT2D eigenvalue weighted by atomic mass is 10.2. The van der Waals surface area contributed by atoms with Gasteiger partial charge in [-0.3, -0.25) is 0 Å². The van der Waals surface area contributed by atoms with Crippen LogP contribution in [-0.2, 0) is 0 Å². The van der Waals surface area contributed by atoms with Crippen molar-refractivity contribution in [1.29, 1.82) is 0 Å². The van der Waals surface area contributed by atoms with Crippen LogP contribution in [0.3, 0.4) is 0 Å². The fourth-order valence-electron chi connectivity index (χ4n) is 2.80. The summed E-state index contributed by atoms with van der Waals surface area (Å²) in [5, 5.41) is 14.6. The van der Waals surface area contributed by atoms with Crippen molar-refractivity contribution in [2.75, 3.05) is 48.8 Å². The van der Waals surface area contributed by atoms with Gasteiger partial charge in [-0.2, -0.15) is 10.1 Å². The van der Waals surface area contributed by atoms with Crippen molar-refractivity contribution in [1.82, 2.24) is 20.1 Å². The molecule has 2 N–H and O–H groups in total. The van der Waals surface area contributed by atoms with Crippen LogP contribution in [0.2, 0.25) is 0 Å². The molecule has 0 amide bonds. The Morgan fingerprint density at radius 1 is 1.04 bits per heavy atom. The topological polar surface area (TPSA) is 69.2 Å². The zero-order valence-corrected chi connectivity index (χ0v) is 13.9. The maximum atomic E-state index is 4.46. The molecule has 2 fully saturated rings. The molecule has 0 bridgehead atoms. The quantitative estimate of drug-likeness (QED) is 0.870. The maximum absolute atomic E-state index is 4.46. The van der Waals surface area contributed by atoms with Crippen molar-refractivity contribution < 1.29 is 0 Å². The van der Waals surface area contributed by atoms with E-state index in [1.165, 1.54) is 18.5 Å². The van der Waals surface area contributed by atoms with Crippen LogP contribution in [0.25, 0.3) is 0 Å². The van der Waals surface area contributed by atoms with E-state index in [4.69, 9.17) is 0 Å². The molecule has 0 radical (unpaired) electrons. The molecule has 2 heterocycles. The lowest BCUT2D eigenvalue weighted by Gasteiger charge is -2.34. The van der Waals surface area contributed by atoms with Crippen LogP contribution in [0.5, 0.6) is 0 Å². The van der Waals surface area contributed by atoms with E-state index in [0.29, 0.717) is 17.8 Å². The number of nitrogens with zero attached hydrogens (tertiary/aromatic N) is 5. The van der Waals surface area contributed by atoms with Gasteiger partial charge in [0.05, 0.1) is 6.20 Å². The normalized spacial score (nSPS) is 18.5. The number of piperazine rings is 1. The Morgan fingerprint density at radius 3 is 2.50 bits per heavy atom. The molecule has 7 heteroatoms. The van der Waals surface area contributed by atoms with Crippen molar-refractivity contribution in [2.24, 2.45) is 0 Å². The molecule has 1 aromatic carbocycles. The second-order valence-corrected chi connectivity index (χ2v) is 6.55. The molecule has 1 aromatic heterocycles. The largest absolute Gasteiger partial charge is 0.369 e. The number of nitrogens with one attached hydrogen (secondary N) is 2. The molecule has 126 valence electrons. The van der Waals surface area contributed by atoms with Crippen molar-refractivity contribution in [3.63, 3.8) is 0 Å². The summed E-state index contributed by atoms with van der Waals surface area (Å²) in [5.74, 6) is 1.30. The Balaban J connectivity index is 1.39. The first-order chi connectivity index (χ1) is 11.8. The lowest BCUT2D eigenvalue weighted by Crippen LogP contribution is -2.44. The van der Waals surface area contributed by atoms with Gasteiger partial charge in [-0.25, -0.2) is 0 Å². The van der Waals surface area contributed by atoms with Crippen LogP contribution in [0.1, 0.15) is 12.8 Å². The van der Waals surface area contributed by atoms with E-state index in [9.17, 15) is 0 Å². The Kier molecular flexibility index (Phi) is 4.17. The van der Waals surface area contributed by atoms with Gasteiger partial charge in [-0.05, 0) is 44.2 Å². The van der Waals surface area contributed by atoms with Gasteiger partial charge in [0.2, 0.25) is 5.95 Å². The zero-order chi connectivity index (χ0) is 16.4. The van der Waals surface area contributed by atoms with Gasteiger partial charge < -0.3 is 20.4 Å². The van der Waals surface area contributed by atoms with Gasteiger partial charge in [0.15, 0.2) is 5.82 Å². The first-order valence-electron chi connectivity index (χ1n) is 8.53. The monoisotopic (exact) mass is 325 g/mol. The SMILES string of the molecule is CN1CCN(c2ccc(Nc3cnnc(NC4CC4)n3)cc2)CC1. The molecule has 0 atom stereocenters. The highest BCUT2D eigenvalue weighted by Gasteiger charge is 2.22. The van der Waals surface area contributed by atoms with Gasteiger partial charge in [0.25, 0.3) is 0 Å². The van der Waals surface area contributed by atoms with Crippen molar-refractivity contribution >= 4 is 23.1 Å². The van der Waals surface area contributed by atoms with Crippen LogP contribution in [-0.4, -0.2) is 59.3 Å². The van der Waals surface area contributed by atoms with Crippen molar-refractivity contribution in [3.05, 3.63) is 30.5 Å². The second-order valence-electron chi connectivity index (χ2n) is 6.55. The van der Waals surface area contributed by atoms with Crippen LogP contribution < -0.4 is 15.5 Å². The summed E-state index contributed by atoms with van der Waals surface area (Å²) in [7, 11) is 2.17. The molecule has 0 unspecified atom stereocenters. The van der Waals surface area contributed by atoms with Gasteiger partial charge in [-0.15, -0.1) is 5.10 Å². The standard InChI is InChI=1S/C17H23N7/c1-23-8-10-24(11-9-23)15-6-4-13(5-7-15)19-16-12-18-22-17(21-16)20-14-2-3-14/h4-7,12,14H,2-3,8-11H2,1H3,(H2,19,20,21,22). The average molecular weight is 325 g/mol. The molecule has 1 aliphatic carbocycles. The molecule has 2 aliphatic rings. The lowest BCUT2D eigenvalue weighted by molar-refractivity contribution is 0.313. The second kappa shape index (κ2) is 6.60. The van der Waals surface area contributed by atoms with E-state index in [0.717, 1.165) is 31.9 Å². The average Bonchev–Trinajstić information content (AvgIpc) is 3.41. The van der Waals surface area contributed by atoms with E-state index in [2.05, 4.69) is 66.9 Å². The highest BCUT2D eigenvalue weighted by molar-refractivity contribution is 5.61. The zero-order valence-electron chi connectivity index (χ0n) is 13.9. The molecular weight excluding hydrogens is 302 g/mol. The summed E-state index contributed by atoms with van der Waals surface area (Å²) >= 11 is 0. The number of hydrogen-bond acceptors (Lipinski definition) is 7. The first-order valence-corrected chi connectivity index (χ1v) is 8.53.